The second-order valence-electron chi connectivity index (χ2n) is 10.9. The fourth-order valence-corrected chi connectivity index (χ4v) is 7.63. The van der Waals surface area contributed by atoms with E-state index in [-0.39, 0.29) is 56.2 Å². The molecule has 0 aromatic carbocycles. The Morgan fingerprint density at radius 1 is 1.21 bits per heavy atom. The summed E-state index contributed by atoms with van der Waals surface area (Å²) in [7, 11) is 0. The number of pyridine rings is 1. The van der Waals surface area contributed by atoms with Gasteiger partial charge in [0.1, 0.15) is 4.83 Å². The van der Waals surface area contributed by atoms with Crippen LogP contribution in [-0.2, 0) is 22.1 Å². The third-order valence-corrected chi connectivity index (χ3v) is 9.14. The van der Waals surface area contributed by atoms with Crippen LogP contribution < -0.4 is 10.2 Å². The van der Waals surface area contributed by atoms with Gasteiger partial charge in [0.15, 0.2) is 0 Å². The number of carbonyl (C=O) groups excluding carboxylic acids is 1. The van der Waals surface area contributed by atoms with Gasteiger partial charge in [-0.05, 0) is 24.8 Å². The number of rotatable bonds is 6. The second-order valence-corrected chi connectivity index (χ2v) is 12.1. The van der Waals surface area contributed by atoms with Gasteiger partial charge in [-0.25, -0.2) is 4.98 Å². The summed E-state index contributed by atoms with van der Waals surface area (Å²) < 4.78 is 86.1. The van der Waals surface area contributed by atoms with Crippen molar-refractivity contribution >= 4 is 33.1 Å². The van der Waals surface area contributed by atoms with Gasteiger partial charge in [-0.2, -0.15) is 26.3 Å². The van der Waals surface area contributed by atoms with E-state index in [0.717, 1.165) is 24.2 Å². The number of aromatic nitrogens is 1. The average Bonchev–Trinajstić information content (AvgIpc) is 3.46. The maximum absolute atomic E-state index is 13.9. The fourth-order valence-electron chi connectivity index (χ4n) is 6.60. The minimum absolute atomic E-state index is 0.0145. The van der Waals surface area contributed by atoms with Crippen LogP contribution in [0.4, 0.5) is 32.0 Å². The molecule has 2 bridgehead atoms. The lowest BCUT2D eigenvalue weighted by molar-refractivity contribution is -0.149. The summed E-state index contributed by atoms with van der Waals surface area (Å²) in [6.07, 6.45) is -6.22. The number of thiophene rings is 1. The number of hydrogen-bond acceptors (Lipinski definition) is 6. The number of fused-ring (bicyclic) bond motifs is 3. The van der Waals surface area contributed by atoms with E-state index in [1.165, 1.54) is 6.07 Å². The summed E-state index contributed by atoms with van der Waals surface area (Å²) in [6.45, 7) is 5.62. The van der Waals surface area contributed by atoms with Gasteiger partial charge in [0.2, 0.25) is 5.91 Å². The summed E-state index contributed by atoms with van der Waals surface area (Å²) in [5.41, 5.74) is -1.39. The Kier molecular flexibility index (Phi) is 6.00. The standard InChI is InChI=1S/C25H26F6N4O2S/c1-2-3-37-18-5-13-4-17(18)33-19(13)22(36)35-11-23(12-35)9-34(10-23)20-15-6-14(7-24(26,27)28)38-21(15)32-8-16(20)25(29,30)31/h2,6,8,13,17-19,33H,1,3-5,7,9-12H2/t13-,17+,18+,19-/m1/s1. The van der Waals surface area contributed by atoms with Gasteiger partial charge in [0.25, 0.3) is 0 Å². The Labute approximate surface area is 218 Å². The molecular formula is C25H26F6N4O2S. The number of anilines is 1. The van der Waals surface area contributed by atoms with Crippen LogP contribution in [0.2, 0.25) is 0 Å². The number of amides is 1. The Morgan fingerprint density at radius 2 is 1.95 bits per heavy atom. The summed E-state index contributed by atoms with van der Waals surface area (Å²) in [5.74, 6) is 0.210. The van der Waals surface area contributed by atoms with Crippen LogP contribution in [0.3, 0.4) is 0 Å². The molecule has 1 aliphatic carbocycles. The highest BCUT2D eigenvalue weighted by atomic mass is 32.1. The predicted molar refractivity (Wildman–Crippen MR) is 129 cm³/mol. The summed E-state index contributed by atoms with van der Waals surface area (Å²) in [6, 6.07) is 1.04. The Morgan fingerprint density at radius 3 is 2.55 bits per heavy atom. The van der Waals surface area contributed by atoms with Crippen LogP contribution >= 0.6 is 11.3 Å². The van der Waals surface area contributed by atoms with E-state index in [4.69, 9.17) is 4.74 Å². The topological polar surface area (TPSA) is 57.7 Å². The molecule has 0 unspecified atom stereocenters. The lowest BCUT2D eigenvalue weighted by Crippen LogP contribution is -2.74. The molecule has 6 nitrogen and oxygen atoms in total. The van der Waals surface area contributed by atoms with Crippen molar-refractivity contribution in [2.75, 3.05) is 37.7 Å². The fraction of sp³-hybridized carbons (Fsp3) is 0.600. The summed E-state index contributed by atoms with van der Waals surface area (Å²) in [4.78, 5) is 20.4. The SMILES string of the molecule is C=CCO[C@H]1C[C@H]2C[C@@H]1N[C@H]2C(=O)N1CC2(C1)CN(c1c(C(F)(F)F)cnc3sc(CC(F)(F)F)cc13)C2. The molecule has 4 aliphatic rings. The molecule has 1 amide bonds. The summed E-state index contributed by atoms with van der Waals surface area (Å²) in [5, 5.41) is 3.48. The molecule has 4 fully saturated rings. The van der Waals surface area contributed by atoms with Gasteiger partial charge in [0.05, 0.1) is 36.4 Å². The van der Waals surface area contributed by atoms with Crippen molar-refractivity contribution in [1.82, 2.24) is 15.2 Å². The molecule has 2 aromatic rings. The second kappa shape index (κ2) is 8.82. The largest absolute Gasteiger partial charge is 0.419 e. The number of carbonyl (C=O) groups is 1. The number of hydrogen-bond donors (Lipinski definition) is 1. The van der Waals surface area contributed by atoms with Crippen LogP contribution in [0.15, 0.2) is 24.9 Å². The molecular weight excluding hydrogens is 534 g/mol. The zero-order valence-corrected chi connectivity index (χ0v) is 21.1. The van der Waals surface area contributed by atoms with Gasteiger partial charge in [0, 0.05) is 54.1 Å². The molecule has 3 aliphatic heterocycles. The van der Waals surface area contributed by atoms with Crippen molar-refractivity contribution in [3.05, 3.63) is 35.4 Å². The molecule has 38 heavy (non-hydrogen) atoms. The highest BCUT2D eigenvalue weighted by Gasteiger charge is 2.57. The number of likely N-dealkylation sites (tertiary alicyclic amines) is 1. The first-order chi connectivity index (χ1) is 17.9. The quantitative estimate of drug-likeness (QED) is 0.420. The molecule has 5 heterocycles. The lowest BCUT2D eigenvalue weighted by Gasteiger charge is -2.61. The third-order valence-electron chi connectivity index (χ3n) is 8.10. The summed E-state index contributed by atoms with van der Waals surface area (Å²) >= 11 is 0.759. The molecule has 0 radical (unpaired) electrons. The molecule has 6 rings (SSSR count). The number of piperidine rings is 1. The van der Waals surface area contributed by atoms with Crippen molar-refractivity contribution < 1.29 is 35.9 Å². The minimum atomic E-state index is -4.70. The molecule has 13 heteroatoms. The van der Waals surface area contributed by atoms with E-state index in [1.54, 1.807) is 15.9 Å². The number of nitrogens with one attached hydrogen (secondary N) is 1. The van der Waals surface area contributed by atoms with Gasteiger partial charge in [-0.1, -0.05) is 6.08 Å². The van der Waals surface area contributed by atoms with Crippen LogP contribution in [0.1, 0.15) is 23.3 Å². The van der Waals surface area contributed by atoms with Gasteiger partial charge >= 0.3 is 12.4 Å². The first-order valence-corrected chi connectivity index (χ1v) is 13.3. The first-order valence-electron chi connectivity index (χ1n) is 12.4. The van der Waals surface area contributed by atoms with E-state index in [1.807, 2.05) is 0 Å². The molecule has 2 aromatic heterocycles. The van der Waals surface area contributed by atoms with Crippen LogP contribution in [0.25, 0.3) is 10.2 Å². The van der Waals surface area contributed by atoms with Crippen LogP contribution in [0, 0.1) is 11.3 Å². The minimum Gasteiger partial charge on any atom is -0.373 e. The highest BCUT2D eigenvalue weighted by Crippen LogP contribution is 2.50. The van der Waals surface area contributed by atoms with Gasteiger partial charge in [-0.3, -0.25) is 4.79 Å². The van der Waals surface area contributed by atoms with Crippen molar-refractivity contribution in [2.24, 2.45) is 11.3 Å². The van der Waals surface area contributed by atoms with Crippen molar-refractivity contribution in [3.8, 4) is 0 Å². The molecule has 206 valence electrons. The number of halogens is 6. The number of alkyl halides is 6. The molecule has 1 saturated carbocycles. The van der Waals surface area contributed by atoms with E-state index in [0.29, 0.717) is 39.0 Å². The molecule has 1 spiro atoms. The predicted octanol–water partition coefficient (Wildman–Crippen LogP) is 4.39. The first kappa shape index (κ1) is 25.9. The molecule has 1 N–H and O–H groups in total. The smallest absolute Gasteiger partial charge is 0.373 e. The highest BCUT2D eigenvalue weighted by molar-refractivity contribution is 7.18. The van der Waals surface area contributed by atoms with Crippen molar-refractivity contribution in [2.45, 2.75) is 49.8 Å². The third kappa shape index (κ3) is 4.45. The normalized spacial score (nSPS) is 28.2. The van der Waals surface area contributed by atoms with Crippen LogP contribution in [-0.4, -0.2) is 72.9 Å². The van der Waals surface area contributed by atoms with Crippen molar-refractivity contribution in [3.63, 3.8) is 0 Å². The van der Waals surface area contributed by atoms with Crippen molar-refractivity contribution in [1.29, 1.82) is 0 Å². The monoisotopic (exact) mass is 560 g/mol. The maximum atomic E-state index is 13.9. The van der Waals surface area contributed by atoms with Gasteiger partial charge < -0.3 is 19.9 Å². The van der Waals surface area contributed by atoms with E-state index >= 15 is 0 Å². The molecule has 3 saturated heterocycles. The molecule has 4 atom stereocenters. The Bertz CT molecular complexity index is 1260. The Balaban J connectivity index is 1.13. The van der Waals surface area contributed by atoms with E-state index in [2.05, 4.69) is 16.9 Å². The number of nitrogens with zero attached hydrogens (tertiary/aromatic N) is 3. The van der Waals surface area contributed by atoms with Crippen LogP contribution in [0.5, 0.6) is 0 Å². The zero-order chi connectivity index (χ0) is 27.0. The lowest BCUT2D eigenvalue weighted by atomic mass is 9.72. The Hall–Kier alpha value is -2.38. The maximum Gasteiger partial charge on any atom is 0.419 e. The van der Waals surface area contributed by atoms with E-state index in [9.17, 15) is 31.1 Å². The van der Waals surface area contributed by atoms with Gasteiger partial charge in [-0.15, -0.1) is 17.9 Å². The average molecular weight is 561 g/mol. The zero-order valence-electron chi connectivity index (χ0n) is 20.2. The number of ether oxygens (including phenoxy) is 1. The van der Waals surface area contributed by atoms with E-state index < -0.39 is 24.3 Å².